The van der Waals surface area contributed by atoms with Crippen LogP contribution in [-0.4, -0.2) is 13.1 Å². The lowest BCUT2D eigenvalue weighted by atomic mass is 10.2. The molecule has 0 spiro atoms. The van der Waals surface area contributed by atoms with Crippen LogP contribution in [0.4, 0.5) is 11.4 Å². The van der Waals surface area contributed by atoms with E-state index in [0.717, 1.165) is 11.4 Å². The first kappa shape index (κ1) is 11.9. The molecule has 0 radical (unpaired) electrons. The number of hydrogen-bond acceptors (Lipinski definition) is 4. The molecule has 0 aliphatic heterocycles. The average molecular weight is 214 g/mol. The highest BCUT2D eigenvalue weighted by Gasteiger charge is 1.94. The van der Waals surface area contributed by atoms with Crippen LogP contribution in [0.1, 0.15) is 12.8 Å². The normalized spacial score (nSPS) is 8.88. The van der Waals surface area contributed by atoms with Crippen LogP contribution in [-0.2, 0) is 0 Å². The third-order valence-corrected chi connectivity index (χ3v) is 1.99. The smallest absolute Gasteiger partial charge is 0.0640 e. The first-order valence-corrected chi connectivity index (χ1v) is 5.18. The molecule has 0 aliphatic rings. The fourth-order valence-electron chi connectivity index (χ4n) is 1.26. The lowest BCUT2D eigenvalue weighted by Gasteiger charge is -2.07. The Balaban J connectivity index is 2.45. The number of nitrogens with one attached hydrogen (secondary N) is 2. The fourth-order valence-corrected chi connectivity index (χ4v) is 1.26. The lowest BCUT2D eigenvalue weighted by molar-refractivity contribution is 1.07. The molecular formula is C12H14N4. The summed E-state index contributed by atoms with van der Waals surface area (Å²) in [5, 5.41) is 23.1. The maximum Gasteiger partial charge on any atom is 0.0640 e. The molecule has 0 amide bonds. The molecule has 0 fully saturated rings. The van der Waals surface area contributed by atoms with E-state index in [9.17, 15) is 0 Å². The van der Waals surface area contributed by atoms with E-state index in [4.69, 9.17) is 10.5 Å². The Morgan fingerprint density at radius 1 is 0.938 bits per heavy atom. The van der Waals surface area contributed by atoms with Gasteiger partial charge >= 0.3 is 0 Å². The van der Waals surface area contributed by atoms with Crippen molar-refractivity contribution >= 4 is 11.4 Å². The Morgan fingerprint density at radius 3 is 1.88 bits per heavy atom. The van der Waals surface area contributed by atoms with Crippen molar-refractivity contribution in [3.8, 4) is 12.1 Å². The summed E-state index contributed by atoms with van der Waals surface area (Å²) in [5.41, 5.74) is 1.97. The zero-order chi connectivity index (χ0) is 11.6. The molecular weight excluding hydrogens is 200 g/mol. The molecule has 0 atom stereocenters. The zero-order valence-electron chi connectivity index (χ0n) is 9.03. The first-order valence-electron chi connectivity index (χ1n) is 5.18. The highest BCUT2D eigenvalue weighted by atomic mass is 14.9. The van der Waals surface area contributed by atoms with Crippen LogP contribution in [0.15, 0.2) is 24.3 Å². The van der Waals surface area contributed by atoms with Gasteiger partial charge in [-0.15, -0.1) is 0 Å². The highest BCUT2D eigenvalue weighted by Crippen LogP contribution is 2.14. The molecule has 1 rings (SSSR count). The second-order valence-electron chi connectivity index (χ2n) is 3.25. The molecule has 4 nitrogen and oxygen atoms in total. The van der Waals surface area contributed by atoms with Gasteiger partial charge in [0.15, 0.2) is 0 Å². The van der Waals surface area contributed by atoms with Crippen LogP contribution >= 0.6 is 0 Å². The van der Waals surface area contributed by atoms with Crippen molar-refractivity contribution in [3.63, 3.8) is 0 Å². The first-order chi connectivity index (χ1) is 7.86. The van der Waals surface area contributed by atoms with Gasteiger partial charge in [-0.05, 0) is 18.2 Å². The molecule has 2 N–H and O–H groups in total. The van der Waals surface area contributed by atoms with Crippen LogP contribution in [0, 0.1) is 22.7 Å². The molecule has 4 heteroatoms. The minimum Gasteiger partial charge on any atom is -0.384 e. The van der Waals surface area contributed by atoms with E-state index >= 15 is 0 Å². The Labute approximate surface area is 95.5 Å². The molecule has 0 aliphatic carbocycles. The van der Waals surface area contributed by atoms with Crippen molar-refractivity contribution in [1.29, 1.82) is 10.5 Å². The predicted molar refractivity (Wildman–Crippen MR) is 63.9 cm³/mol. The monoisotopic (exact) mass is 214 g/mol. The van der Waals surface area contributed by atoms with E-state index in [0.29, 0.717) is 25.9 Å². The van der Waals surface area contributed by atoms with Gasteiger partial charge in [0.2, 0.25) is 0 Å². The van der Waals surface area contributed by atoms with Gasteiger partial charge in [-0.1, -0.05) is 6.07 Å². The van der Waals surface area contributed by atoms with E-state index in [1.807, 2.05) is 24.3 Å². The van der Waals surface area contributed by atoms with Gasteiger partial charge < -0.3 is 10.6 Å². The van der Waals surface area contributed by atoms with E-state index in [2.05, 4.69) is 22.8 Å². The van der Waals surface area contributed by atoms with Gasteiger partial charge in [-0.2, -0.15) is 10.5 Å². The molecule has 0 saturated carbocycles. The molecule has 0 heterocycles. The van der Waals surface area contributed by atoms with Crippen LogP contribution in [0.3, 0.4) is 0 Å². The average Bonchev–Trinajstić information content (AvgIpc) is 2.30. The van der Waals surface area contributed by atoms with Gasteiger partial charge in [-0.25, -0.2) is 0 Å². The topological polar surface area (TPSA) is 71.6 Å². The van der Waals surface area contributed by atoms with Crippen molar-refractivity contribution in [2.75, 3.05) is 23.7 Å². The summed E-state index contributed by atoms with van der Waals surface area (Å²) in [5.74, 6) is 0. The maximum atomic E-state index is 8.41. The largest absolute Gasteiger partial charge is 0.384 e. The number of rotatable bonds is 6. The standard InChI is InChI=1S/C12H14N4/c13-6-2-8-15-11-4-1-5-12(10-11)16-9-3-7-14/h1,4-5,10,15-16H,2-3,8-9H2. The summed E-state index contributed by atoms with van der Waals surface area (Å²) in [6, 6.07) is 12.0. The van der Waals surface area contributed by atoms with Crippen molar-refractivity contribution in [3.05, 3.63) is 24.3 Å². The Kier molecular flexibility index (Phi) is 5.30. The van der Waals surface area contributed by atoms with Gasteiger partial charge in [-0.3, -0.25) is 0 Å². The number of nitrogens with zero attached hydrogens (tertiary/aromatic N) is 2. The minimum absolute atomic E-state index is 0.492. The SMILES string of the molecule is N#CCCNc1cccc(NCCC#N)c1. The molecule has 0 bridgehead atoms. The second kappa shape index (κ2) is 7.14. The van der Waals surface area contributed by atoms with Crippen LogP contribution < -0.4 is 10.6 Å². The third-order valence-electron chi connectivity index (χ3n) is 1.99. The van der Waals surface area contributed by atoms with Crippen molar-refractivity contribution in [2.45, 2.75) is 12.8 Å². The summed E-state index contributed by atoms with van der Waals surface area (Å²) >= 11 is 0. The number of hydrogen-bond donors (Lipinski definition) is 2. The van der Waals surface area contributed by atoms with Gasteiger partial charge in [0.05, 0.1) is 25.0 Å². The van der Waals surface area contributed by atoms with E-state index in [-0.39, 0.29) is 0 Å². The summed E-state index contributed by atoms with van der Waals surface area (Å²) in [7, 11) is 0. The lowest BCUT2D eigenvalue weighted by Crippen LogP contribution is -2.03. The molecule has 82 valence electrons. The van der Waals surface area contributed by atoms with E-state index < -0.39 is 0 Å². The molecule has 1 aromatic carbocycles. The van der Waals surface area contributed by atoms with E-state index in [1.54, 1.807) is 0 Å². The van der Waals surface area contributed by atoms with Gasteiger partial charge in [0, 0.05) is 24.5 Å². The summed E-state index contributed by atoms with van der Waals surface area (Å²) < 4.78 is 0. The second-order valence-corrected chi connectivity index (χ2v) is 3.25. The van der Waals surface area contributed by atoms with Crippen molar-refractivity contribution in [1.82, 2.24) is 0 Å². The zero-order valence-corrected chi connectivity index (χ0v) is 9.03. The van der Waals surface area contributed by atoms with Gasteiger partial charge in [0.25, 0.3) is 0 Å². The quantitative estimate of drug-likeness (QED) is 0.713. The number of benzene rings is 1. The fraction of sp³-hybridized carbons (Fsp3) is 0.333. The van der Waals surface area contributed by atoms with Crippen molar-refractivity contribution < 1.29 is 0 Å². The summed E-state index contributed by atoms with van der Waals surface area (Å²) in [6.07, 6.45) is 0.984. The van der Waals surface area contributed by atoms with Crippen LogP contribution in [0.25, 0.3) is 0 Å². The third kappa shape index (κ3) is 4.34. The van der Waals surface area contributed by atoms with Crippen LogP contribution in [0.2, 0.25) is 0 Å². The summed E-state index contributed by atoms with van der Waals surface area (Å²) in [6.45, 7) is 1.30. The van der Waals surface area contributed by atoms with Gasteiger partial charge in [0.1, 0.15) is 0 Å². The molecule has 0 saturated heterocycles. The molecule has 0 unspecified atom stereocenters. The molecule has 16 heavy (non-hydrogen) atoms. The molecule has 1 aromatic rings. The van der Waals surface area contributed by atoms with Crippen molar-refractivity contribution in [2.24, 2.45) is 0 Å². The van der Waals surface area contributed by atoms with Crippen LogP contribution in [0.5, 0.6) is 0 Å². The number of anilines is 2. The minimum atomic E-state index is 0.492. The Hall–Kier alpha value is -2.20. The predicted octanol–water partition coefficient (Wildman–Crippen LogP) is 2.34. The summed E-state index contributed by atoms with van der Waals surface area (Å²) in [4.78, 5) is 0. The number of nitriles is 2. The Morgan fingerprint density at radius 2 is 1.44 bits per heavy atom. The maximum absolute atomic E-state index is 8.41. The Bertz CT molecular complexity index is 365. The van der Waals surface area contributed by atoms with E-state index in [1.165, 1.54) is 0 Å². The molecule has 0 aromatic heterocycles. The highest BCUT2D eigenvalue weighted by molar-refractivity contribution is 5.56.